The SMILES string of the molecule is COc1c(F)cccc1C=CCNC(=O)OCc1ccccc1. The number of nitrogens with one attached hydrogen (secondary N) is 1. The number of benzene rings is 2. The standard InChI is InChI=1S/C18H18FNO3/c1-22-17-15(9-5-11-16(17)19)10-6-12-20-18(21)23-13-14-7-3-2-4-8-14/h2-11H,12-13H2,1H3,(H,20,21). The highest BCUT2D eigenvalue weighted by Crippen LogP contribution is 2.23. The average molecular weight is 315 g/mol. The number of rotatable bonds is 6. The molecule has 1 amide bonds. The summed E-state index contributed by atoms with van der Waals surface area (Å²) >= 11 is 0. The molecule has 0 aliphatic carbocycles. The number of carbonyl (C=O) groups is 1. The quantitative estimate of drug-likeness (QED) is 0.882. The summed E-state index contributed by atoms with van der Waals surface area (Å²) < 4.78 is 23.6. The molecule has 0 spiro atoms. The maximum atomic E-state index is 13.5. The third-order valence-corrected chi connectivity index (χ3v) is 3.08. The second kappa shape index (κ2) is 8.58. The summed E-state index contributed by atoms with van der Waals surface area (Å²) in [5, 5.41) is 2.59. The Morgan fingerprint density at radius 2 is 1.96 bits per heavy atom. The molecule has 0 unspecified atom stereocenters. The molecule has 4 nitrogen and oxygen atoms in total. The molecular formula is C18H18FNO3. The van der Waals surface area contributed by atoms with Gasteiger partial charge in [-0.05, 0) is 11.6 Å². The van der Waals surface area contributed by atoms with Crippen molar-refractivity contribution >= 4 is 12.2 Å². The molecule has 120 valence electrons. The molecule has 23 heavy (non-hydrogen) atoms. The predicted octanol–water partition coefficient (Wildman–Crippen LogP) is 3.77. The highest BCUT2D eigenvalue weighted by Gasteiger charge is 2.05. The van der Waals surface area contributed by atoms with E-state index < -0.39 is 11.9 Å². The van der Waals surface area contributed by atoms with Gasteiger partial charge < -0.3 is 14.8 Å². The van der Waals surface area contributed by atoms with Crippen molar-refractivity contribution in [1.82, 2.24) is 5.32 Å². The van der Waals surface area contributed by atoms with Crippen LogP contribution in [0.15, 0.2) is 54.6 Å². The number of hydrogen-bond acceptors (Lipinski definition) is 3. The molecule has 0 aliphatic rings. The van der Waals surface area contributed by atoms with Crippen LogP contribution in [0.25, 0.3) is 6.08 Å². The van der Waals surface area contributed by atoms with Crippen LogP contribution >= 0.6 is 0 Å². The van der Waals surface area contributed by atoms with Gasteiger partial charge in [-0.1, -0.05) is 54.6 Å². The first kappa shape index (κ1) is 16.5. The van der Waals surface area contributed by atoms with Crippen molar-refractivity contribution in [2.24, 2.45) is 0 Å². The van der Waals surface area contributed by atoms with Crippen molar-refractivity contribution in [2.45, 2.75) is 6.61 Å². The summed E-state index contributed by atoms with van der Waals surface area (Å²) in [6.07, 6.45) is 2.87. The van der Waals surface area contributed by atoms with Crippen LogP contribution in [0.5, 0.6) is 5.75 Å². The zero-order valence-corrected chi connectivity index (χ0v) is 12.8. The lowest BCUT2D eigenvalue weighted by Gasteiger charge is -2.06. The fourth-order valence-corrected chi connectivity index (χ4v) is 1.97. The third kappa shape index (κ3) is 5.14. The van der Waals surface area contributed by atoms with E-state index in [4.69, 9.17) is 9.47 Å². The number of amides is 1. The monoisotopic (exact) mass is 315 g/mol. The molecule has 0 bridgehead atoms. The van der Waals surface area contributed by atoms with Crippen LogP contribution in [0.4, 0.5) is 9.18 Å². The van der Waals surface area contributed by atoms with E-state index in [1.54, 1.807) is 24.3 Å². The minimum atomic E-state index is -0.510. The van der Waals surface area contributed by atoms with Crippen LogP contribution in [0, 0.1) is 5.82 Å². The molecule has 0 aromatic heterocycles. The Labute approximate surface area is 134 Å². The van der Waals surface area contributed by atoms with Gasteiger partial charge in [-0.2, -0.15) is 0 Å². The first-order valence-electron chi connectivity index (χ1n) is 7.14. The Kier molecular flexibility index (Phi) is 6.17. The maximum absolute atomic E-state index is 13.5. The summed E-state index contributed by atoms with van der Waals surface area (Å²) in [6, 6.07) is 14.1. The molecule has 2 aromatic rings. The number of methoxy groups -OCH3 is 1. The number of halogens is 1. The summed E-state index contributed by atoms with van der Waals surface area (Å²) in [6.45, 7) is 0.487. The van der Waals surface area contributed by atoms with Gasteiger partial charge in [0, 0.05) is 12.1 Å². The van der Waals surface area contributed by atoms with Crippen molar-refractivity contribution in [3.05, 3.63) is 71.6 Å². The highest BCUT2D eigenvalue weighted by atomic mass is 19.1. The largest absolute Gasteiger partial charge is 0.493 e. The summed E-state index contributed by atoms with van der Waals surface area (Å²) in [7, 11) is 1.41. The number of carbonyl (C=O) groups excluding carboxylic acids is 1. The van der Waals surface area contributed by atoms with Crippen LogP contribution in [0.2, 0.25) is 0 Å². The van der Waals surface area contributed by atoms with Gasteiger partial charge in [0.1, 0.15) is 6.61 Å². The summed E-state index contributed by atoms with van der Waals surface area (Å²) in [4.78, 5) is 11.6. The van der Waals surface area contributed by atoms with E-state index in [0.717, 1.165) is 5.56 Å². The molecule has 0 aliphatic heterocycles. The Bertz CT molecular complexity index is 671. The molecule has 1 N–H and O–H groups in total. The van der Waals surface area contributed by atoms with E-state index in [-0.39, 0.29) is 18.9 Å². The van der Waals surface area contributed by atoms with Gasteiger partial charge >= 0.3 is 6.09 Å². The van der Waals surface area contributed by atoms with Crippen LogP contribution in [0.3, 0.4) is 0 Å². The van der Waals surface area contributed by atoms with E-state index >= 15 is 0 Å². The fraction of sp³-hybridized carbons (Fsp3) is 0.167. The Balaban J connectivity index is 1.78. The summed E-state index contributed by atoms with van der Waals surface area (Å²) in [5.41, 5.74) is 1.52. The first-order chi connectivity index (χ1) is 11.2. The van der Waals surface area contributed by atoms with Crippen LogP contribution < -0.4 is 10.1 Å². The molecule has 5 heteroatoms. The van der Waals surface area contributed by atoms with E-state index in [0.29, 0.717) is 5.56 Å². The molecular weight excluding hydrogens is 297 g/mol. The van der Waals surface area contributed by atoms with Crippen LogP contribution in [-0.4, -0.2) is 19.7 Å². The van der Waals surface area contributed by atoms with E-state index in [9.17, 15) is 9.18 Å². The number of alkyl carbamates (subject to hydrolysis) is 1. The molecule has 0 atom stereocenters. The van der Waals surface area contributed by atoms with Gasteiger partial charge in [-0.25, -0.2) is 9.18 Å². The molecule has 2 rings (SSSR count). The number of para-hydroxylation sites is 1. The van der Waals surface area contributed by atoms with Gasteiger partial charge in [0.05, 0.1) is 7.11 Å². The van der Waals surface area contributed by atoms with Crippen molar-refractivity contribution < 1.29 is 18.7 Å². The van der Waals surface area contributed by atoms with E-state index in [1.165, 1.54) is 13.2 Å². The lowest BCUT2D eigenvalue weighted by Crippen LogP contribution is -2.24. The minimum Gasteiger partial charge on any atom is -0.493 e. The normalized spacial score (nSPS) is 10.5. The van der Waals surface area contributed by atoms with Crippen LogP contribution in [0.1, 0.15) is 11.1 Å². The second-order valence-corrected chi connectivity index (χ2v) is 4.71. The molecule has 0 heterocycles. The maximum Gasteiger partial charge on any atom is 0.407 e. The van der Waals surface area contributed by atoms with Crippen molar-refractivity contribution in [3.63, 3.8) is 0 Å². The van der Waals surface area contributed by atoms with Gasteiger partial charge in [0.15, 0.2) is 11.6 Å². The van der Waals surface area contributed by atoms with E-state index in [1.807, 2.05) is 30.3 Å². The molecule has 0 fully saturated rings. The number of hydrogen-bond donors (Lipinski definition) is 1. The Hall–Kier alpha value is -2.82. The zero-order chi connectivity index (χ0) is 16.5. The highest BCUT2D eigenvalue weighted by molar-refractivity contribution is 5.67. The van der Waals surface area contributed by atoms with E-state index in [2.05, 4.69) is 5.32 Å². The summed E-state index contributed by atoms with van der Waals surface area (Å²) in [5.74, 6) is -0.250. The Morgan fingerprint density at radius 1 is 1.17 bits per heavy atom. The second-order valence-electron chi connectivity index (χ2n) is 4.71. The smallest absolute Gasteiger partial charge is 0.407 e. The lowest BCUT2D eigenvalue weighted by molar-refractivity contribution is 0.141. The van der Waals surface area contributed by atoms with Gasteiger partial charge in [0.2, 0.25) is 0 Å². The van der Waals surface area contributed by atoms with Gasteiger partial charge in [0.25, 0.3) is 0 Å². The topological polar surface area (TPSA) is 47.6 Å². The Morgan fingerprint density at radius 3 is 2.70 bits per heavy atom. The molecule has 0 radical (unpaired) electrons. The molecule has 0 saturated heterocycles. The fourth-order valence-electron chi connectivity index (χ4n) is 1.97. The van der Waals surface area contributed by atoms with Gasteiger partial charge in [-0.3, -0.25) is 0 Å². The van der Waals surface area contributed by atoms with Crippen molar-refractivity contribution in [3.8, 4) is 5.75 Å². The third-order valence-electron chi connectivity index (χ3n) is 3.08. The predicted molar refractivity (Wildman–Crippen MR) is 86.6 cm³/mol. The minimum absolute atomic E-state index is 0.176. The number of ether oxygens (including phenoxy) is 2. The van der Waals surface area contributed by atoms with Crippen molar-refractivity contribution in [2.75, 3.05) is 13.7 Å². The first-order valence-corrected chi connectivity index (χ1v) is 7.14. The lowest BCUT2D eigenvalue weighted by atomic mass is 10.2. The zero-order valence-electron chi connectivity index (χ0n) is 12.8. The van der Waals surface area contributed by atoms with Gasteiger partial charge in [-0.15, -0.1) is 0 Å². The molecule has 2 aromatic carbocycles. The average Bonchev–Trinajstić information content (AvgIpc) is 2.58. The van der Waals surface area contributed by atoms with Crippen LogP contribution in [-0.2, 0) is 11.3 Å². The van der Waals surface area contributed by atoms with Crippen molar-refractivity contribution in [1.29, 1.82) is 0 Å². The molecule has 0 saturated carbocycles.